The molecule has 0 aromatic heterocycles. The molecule has 0 N–H and O–H groups in total. The van der Waals surface area contributed by atoms with Crippen LogP contribution in [0, 0.1) is 12.3 Å². The van der Waals surface area contributed by atoms with Crippen LogP contribution in [0.4, 0.5) is 5.69 Å². The third-order valence-corrected chi connectivity index (χ3v) is 4.00. The van der Waals surface area contributed by atoms with E-state index in [1.54, 1.807) is 0 Å². The van der Waals surface area contributed by atoms with E-state index in [4.69, 9.17) is 4.74 Å². The van der Waals surface area contributed by atoms with Gasteiger partial charge >= 0.3 is 5.97 Å². The van der Waals surface area contributed by atoms with Crippen LogP contribution in [0.15, 0.2) is 24.3 Å². The van der Waals surface area contributed by atoms with Gasteiger partial charge in [0.2, 0.25) is 0 Å². The van der Waals surface area contributed by atoms with Crippen LogP contribution in [0.2, 0.25) is 0 Å². The van der Waals surface area contributed by atoms with Gasteiger partial charge in [0.05, 0.1) is 12.5 Å². The number of aryl methyl sites for hydroxylation is 1. The highest BCUT2D eigenvalue weighted by atomic mass is 16.5. The number of para-hydroxylation sites is 1. The van der Waals surface area contributed by atoms with Gasteiger partial charge in [0, 0.05) is 19.3 Å². The summed E-state index contributed by atoms with van der Waals surface area (Å²) in [6.07, 6.45) is 3.00. The largest absolute Gasteiger partial charge is 0.469 e. The predicted molar refractivity (Wildman–Crippen MR) is 72.7 cm³/mol. The molecule has 0 bridgehead atoms. The lowest BCUT2D eigenvalue weighted by molar-refractivity contribution is -0.157. The van der Waals surface area contributed by atoms with Crippen molar-refractivity contribution >= 4 is 11.7 Å². The summed E-state index contributed by atoms with van der Waals surface area (Å²) in [6.45, 7) is 2.84. The third-order valence-electron chi connectivity index (χ3n) is 4.00. The summed E-state index contributed by atoms with van der Waals surface area (Å²) in [5.74, 6) is -0.0609. The van der Waals surface area contributed by atoms with Crippen molar-refractivity contribution in [1.29, 1.82) is 0 Å². The van der Waals surface area contributed by atoms with Crippen LogP contribution in [0.1, 0.15) is 24.8 Å². The number of hydrogen-bond donors (Lipinski definition) is 0. The Bertz CT molecular complexity index is 438. The van der Waals surface area contributed by atoms with Gasteiger partial charge in [-0.3, -0.25) is 4.79 Å². The van der Waals surface area contributed by atoms with Crippen molar-refractivity contribution in [3.05, 3.63) is 29.8 Å². The van der Waals surface area contributed by atoms with Gasteiger partial charge < -0.3 is 9.64 Å². The van der Waals surface area contributed by atoms with Crippen molar-refractivity contribution in [1.82, 2.24) is 0 Å². The van der Waals surface area contributed by atoms with Crippen LogP contribution in [-0.2, 0) is 9.53 Å². The Hall–Kier alpha value is -1.51. The minimum Gasteiger partial charge on any atom is -0.469 e. The lowest BCUT2D eigenvalue weighted by atomic mass is 9.68. The second-order valence-corrected chi connectivity index (χ2v) is 5.27. The fourth-order valence-electron chi connectivity index (χ4n) is 2.78. The molecule has 0 amide bonds. The van der Waals surface area contributed by atoms with Crippen LogP contribution < -0.4 is 4.90 Å². The minimum atomic E-state index is -0.286. The minimum absolute atomic E-state index is 0.0609. The monoisotopic (exact) mass is 247 g/mol. The number of nitrogens with zero attached hydrogens (tertiary/aromatic N) is 1. The number of hydrogen-bond acceptors (Lipinski definition) is 3. The van der Waals surface area contributed by atoms with Crippen molar-refractivity contribution in [3.8, 4) is 0 Å². The Labute approximate surface area is 109 Å². The van der Waals surface area contributed by atoms with E-state index in [2.05, 4.69) is 24.0 Å². The molecule has 1 aliphatic carbocycles. The van der Waals surface area contributed by atoms with Crippen molar-refractivity contribution in [2.45, 2.75) is 26.2 Å². The SMILES string of the molecule is COC(=O)C1(CN(C)c2ccccc2C)CCC1. The molecule has 0 aliphatic heterocycles. The molecule has 1 aromatic carbocycles. The summed E-state index contributed by atoms with van der Waals surface area (Å²) >= 11 is 0. The van der Waals surface area contributed by atoms with Gasteiger partial charge in [0.1, 0.15) is 0 Å². The quantitative estimate of drug-likeness (QED) is 0.766. The topological polar surface area (TPSA) is 29.5 Å². The summed E-state index contributed by atoms with van der Waals surface area (Å²) in [6, 6.07) is 8.26. The molecule has 3 heteroatoms. The van der Waals surface area contributed by atoms with E-state index in [1.165, 1.54) is 18.4 Å². The highest BCUT2D eigenvalue weighted by Crippen LogP contribution is 2.43. The molecular weight excluding hydrogens is 226 g/mol. The molecule has 0 radical (unpaired) electrons. The average molecular weight is 247 g/mol. The van der Waals surface area contributed by atoms with Gasteiger partial charge in [-0.05, 0) is 31.4 Å². The average Bonchev–Trinajstić information content (AvgIpc) is 2.33. The standard InChI is InChI=1S/C15H21NO2/c1-12-7-4-5-8-13(12)16(2)11-15(9-6-10-15)14(17)18-3/h4-5,7-8H,6,9-11H2,1-3H3. The molecule has 0 heterocycles. The lowest BCUT2D eigenvalue weighted by Crippen LogP contribution is -2.47. The number of methoxy groups -OCH3 is 1. The second-order valence-electron chi connectivity index (χ2n) is 5.27. The fourth-order valence-corrected chi connectivity index (χ4v) is 2.78. The molecule has 1 fully saturated rings. The summed E-state index contributed by atoms with van der Waals surface area (Å²) in [7, 11) is 3.53. The number of carbonyl (C=O) groups is 1. The normalized spacial score (nSPS) is 16.8. The molecule has 1 aliphatic rings. The molecule has 0 spiro atoms. The van der Waals surface area contributed by atoms with Gasteiger partial charge in [0.25, 0.3) is 0 Å². The first-order valence-electron chi connectivity index (χ1n) is 6.44. The number of ether oxygens (including phenoxy) is 1. The number of esters is 1. The predicted octanol–water partition coefficient (Wildman–Crippen LogP) is 2.77. The van der Waals surface area contributed by atoms with Crippen molar-refractivity contribution in [3.63, 3.8) is 0 Å². The summed E-state index contributed by atoms with van der Waals surface area (Å²) in [5, 5.41) is 0. The molecular formula is C15H21NO2. The maximum atomic E-state index is 11.9. The summed E-state index contributed by atoms with van der Waals surface area (Å²) in [4.78, 5) is 14.1. The van der Waals surface area contributed by atoms with Gasteiger partial charge in [-0.25, -0.2) is 0 Å². The van der Waals surface area contributed by atoms with Crippen LogP contribution in [0.5, 0.6) is 0 Å². The smallest absolute Gasteiger partial charge is 0.313 e. The zero-order valence-electron chi connectivity index (χ0n) is 11.4. The van der Waals surface area contributed by atoms with Gasteiger partial charge in [0.15, 0.2) is 0 Å². The highest BCUT2D eigenvalue weighted by molar-refractivity contribution is 5.78. The Balaban J connectivity index is 2.13. The zero-order valence-corrected chi connectivity index (χ0v) is 11.4. The summed E-state index contributed by atoms with van der Waals surface area (Å²) < 4.78 is 4.96. The van der Waals surface area contributed by atoms with Crippen molar-refractivity contribution < 1.29 is 9.53 Å². The molecule has 1 saturated carbocycles. The zero-order chi connectivity index (χ0) is 13.2. The first kappa shape index (κ1) is 12.9. The maximum Gasteiger partial charge on any atom is 0.313 e. The number of benzene rings is 1. The lowest BCUT2D eigenvalue weighted by Gasteiger charge is -2.42. The first-order valence-corrected chi connectivity index (χ1v) is 6.44. The molecule has 0 atom stereocenters. The maximum absolute atomic E-state index is 11.9. The van der Waals surface area contributed by atoms with E-state index in [9.17, 15) is 4.79 Å². The van der Waals surface area contributed by atoms with Crippen LogP contribution in [-0.4, -0.2) is 26.7 Å². The Morgan fingerprint density at radius 3 is 2.56 bits per heavy atom. The first-order chi connectivity index (χ1) is 8.59. The Kier molecular flexibility index (Phi) is 3.60. The van der Waals surface area contributed by atoms with E-state index >= 15 is 0 Å². The highest BCUT2D eigenvalue weighted by Gasteiger charge is 2.46. The van der Waals surface area contributed by atoms with Gasteiger partial charge in [-0.15, -0.1) is 0 Å². The molecule has 2 rings (SSSR count). The van der Waals surface area contributed by atoms with E-state index in [0.29, 0.717) is 0 Å². The molecule has 0 unspecified atom stereocenters. The van der Waals surface area contributed by atoms with E-state index in [1.807, 2.05) is 19.2 Å². The number of rotatable bonds is 4. The van der Waals surface area contributed by atoms with Gasteiger partial charge in [-0.2, -0.15) is 0 Å². The number of anilines is 1. The molecule has 0 saturated heterocycles. The van der Waals surface area contributed by atoms with Crippen LogP contribution >= 0.6 is 0 Å². The van der Waals surface area contributed by atoms with Crippen LogP contribution in [0.25, 0.3) is 0 Å². The van der Waals surface area contributed by atoms with Gasteiger partial charge in [-0.1, -0.05) is 24.6 Å². The Morgan fingerprint density at radius 2 is 2.06 bits per heavy atom. The third kappa shape index (κ3) is 2.22. The van der Waals surface area contributed by atoms with Crippen molar-refractivity contribution in [2.24, 2.45) is 5.41 Å². The molecule has 18 heavy (non-hydrogen) atoms. The fraction of sp³-hybridized carbons (Fsp3) is 0.533. The second kappa shape index (κ2) is 5.01. The van der Waals surface area contributed by atoms with E-state index < -0.39 is 0 Å². The van der Waals surface area contributed by atoms with E-state index in [0.717, 1.165) is 25.8 Å². The molecule has 3 nitrogen and oxygen atoms in total. The number of carbonyl (C=O) groups excluding carboxylic acids is 1. The van der Waals surface area contributed by atoms with E-state index in [-0.39, 0.29) is 11.4 Å². The summed E-state index contributed by atoms with van der Waals surface area (Å²) in [5.41, 5.74) is 2.14. The molecule has 98 valence electrons. The molecule has 1 aromatic rings. The van der Waals surface area contributed by atoms with Crippen LogP contribution in [0.3, 0.4) is 0 Å². The van der Waals surface area contributed by atoms with Crippen molar-refractivity contribution in [2.75, 3.05) is 25.6 Å². The Morgan fingerprint density at radius 1 is 1.39 bits per heavy atom.